The minimum absolute atomic E-state index is 0.0631. The van der Waals surface area contributed by atoms with Gasteiger partial charge in [0.15, 0.2) is 9.84 Å². The molecule has 0 spiro atoms. The Morgan fingerprint density at radius 2 is 1.42 bits per heavy atom. The molecular formula is C17H27NO4S2. The lowest BCUT2D eigenvalue weighted by Gasteiger charge is -2.29. The highest BCUT2D eigenvalue weighted by molar-refractivity contribution is 7.92. The van der Waals surface area contributed by atoms with Crippen LogP contribution in [-0.2, 0) is 19.9 Å². The summed E-state index contributed by atoms with van der Waals surface area (Å²) in [6.45, 7) is 11.6. The molecule has 0 bridgehead atoms. The van der Waals surface area contributed by atoms with Gasteiger partial charge in [0, 0.05) is 12.6 Å². The summed E-state index contributed by atoms with van der Waals surface area (Å²) in [6, 6.07) is -0.467. The molecule has 0 amide bonds. The van der Waals surface area contributed by atoms with E-state index in [1.54, 1.807) is 6.92 Å². The van der Waals surface area contributed by atoms with Crippen molar-refractivity contribution in [3.8, 4) is 0 Å². The third-order valence-electron chi connectivity index (χ3n) is 5.43. The van der Waals surface area contributed by atoms with Crippen molar-refractivity contribution in [1.82, 2.24) is 4.31 Å². The summed E-state index contributed by atoms with van der Waals surface area (Å²) in [5.41, 5.74) is 4.58. The van der Waals surface area contributed by atoms with Crippen molar-refractivity contribution in [3.05, 3.63) is 27.8 Å². The molecule has 1 atom stereocenters. The number of sulfone groups is 1. The summed E-state index contributed by atoms with van der Waals surface area (Å²) in [5.74, 6) is -0.0183. The largest absolute Gasteiger partial charge is 0.243 e. The van der Waals surface area contributed by atoms with Gasteiger partial charge >= 0.3 is 0 Å². The molecule has 0 radical (unpaired) electrons. The van der Waals surface area contributed by atoms with Crippen LogP contribution in [0.2, 0.25) is 0 Å². The standard InChI is InChI=1S/C17H27NO4S2/c1-7-18(16-8-9-23(19,20)10-16)24(21,22)17-14(5)12(3)11(2)13(4)15(17)6/h16H,7-10H2,1-6H3/t16-/m1/s1. The lowest BCUT2D eigenvalue weighted by molar-refractivity contribution is 0.354. The Morgan fingerprint density at radius 1 is 0.958 bits per heavy atom. The first-order chi connectivity index (χ1) is 10.9. The van der Waals surface area contributed by atoms with Gasteiger partial charge in [-0.3, -0.25) is 0 Å². The molecule has 1 aromatic rings. The van der Waals surface area contributed by atoms with E-state index in [2.05, 4.69) is 0 Å². The van der Waals surface area contributed by atoms with Crippen LogP contribution in [0.4, 0.5) is 0 Å². The van der Waals surface area contributed by atoms with Gasteiger partial charge in [0.25, 0.3) is 0 Å². The second-order valence-corrected chi connectivity index (χ2v) is 10.8. The van der Waals surface area contributed by atoms with Crippen LogP contribution in [0.5, 0.6) is 0 Å². The topological polar surface area (TPSA) is 71.5 Å². The van der Waals surface area contributed by atoms with Gasteiger partial charge in [0.1, 0.15) is 0 Å². The molecule has 1 aromatic carbocycles. The van der Waals surface area contributed by atoms with Crippen LogP contribution in [0.25, 0.3) is 0 Å². The third-order valence-corrected chi connectivity index (χ3v) is 9.48. The van der Waals surface area contributed by atoms with E-state index in [0.717, 1.165) is 27.8 Å². The van der Waals surface area contributed by atoms with Crippen LogP contribution in [0.3, 0.4) is 0 Å². The maximum absolute atomic E-state index is 13.3. The quantitative estimate of drug-likeness (QED) is 0.813. The summed E-state index contributed by atoms with van der Waals surface area (Å²) >= 11 is 0. The molecule has 0 aromatic heterocycles. The number of hydrogen-bond donors (Lipinski definition) is 0. The minimum Gasteiger partial charge on any atom is -0.229 e. The van der Waals surface area contributed by atoms with Crippen molar-refractivity contribution in [2.45, 2.75) is 58.9 Å². The zero-order valence-electron chi connectivity index (χ0n) is 15.3. The Morgan fingerprint density at radius 3 is 1.79 bits per heavy atom. The molecule has 1 fully saturated rings. The SMILES string of the molecule is CCN([C@@H]1CCS(=O)(=O)C1)S(=O)(=O)c1c(C)c(C)c(C)c(C)c1C. The Kier molecular flexibility index (Phi) is 5.19. The lowest BCUT2D eigenvalue weighted by atomic mass is 9.95. The van der Waals surface area contributed by atoms with Gasteiger partial charge in [-0.15, -0.1) is 0 Å². The van der Waals surface area contributed by atoms with Crippen LogP contribution >= 0.6 is 0 Å². The van der Waals surface area contributed by atoms with Crippen LogP contribution in [-0.4, -0.2) is 45.2 Å². The number of hydrogen-bond acceptors (Lipinski definition) is 4. The smallest absolute Gasteiger partial charge is 0.229 e. The van der Waals surface area contributed by atoms with E-state index in [9.17, 15) is 16.8 Å². The molecule has 7 heteroatoms. The zero-order valence-corrected chi connectivity index (χ0v) is 16.9. The van der Waals surface area contributed by atoms with Gasteiger partial charge in [-0.2, -0.15) is 4.31 Å². The fraction of sp³-hybridized carbons (Fsp3) is 0.647. The van der Waals surface area contributed by atoms with E-state index in [0.29, 0.717) is 11.3 Å². The molecule has 1 aliphatic heterocycles. The third kappa shape index (κ3) is 3.13. The van der Waals surface area contributed by atoms with Gasteiger partial charge in [-0.1, -0.05) is 6.92 Å². The van der Waals surface area contributed by atoms with Crippen molar-refractivity contribution < 1.29 is 16.8 Å². The molecule has 1 aliphatic rings. The highest BCUT2D eigenvalue weighted by Crippen LogP contribution is 2.33. The Hall–Kier alpha value is -0.920. The van der Waals surface area contributed by atoms with Crippen molar-refractivity contribution in [2.24, 2.45) is 0 Å². The summed E-state index contributed by atoms with van der Waals surface area (Å²) in [6.07, 6.45) is 0.372. The predicted octanol–water partition coefficient (Wildman–Crippen LogP) is 2.43. The highest BCUT2D eigenvalue weighted by Gasteiger charge is 2.39. The molecule has 1 heterocycles. The van der Waals surface area contributed by atoms with E-state index < -0.39 is 25.9 Å². The van der Waals surface area contributed by atoms with E-state index in [4.69, 9.17) is 0 Å². The molecule has 0 unspecified atom stereocenters. The second kappa shape index (κ2) is 6.42. The first-order valence-electron chi connectivity index (χ1n) is 8.23. The molecule has 136 valence electrons. The molecule has 24 heavy (non-hydrogen) atoms. The van der Waals surface area contributed by atoms with Gasteiger partial charge < -0.3 is 0 Å². The van der Waals surface area contributed by atoms with Crippen molar-refractivity contribution in [1.29, 1.82) is 0 Å². The van der Waals surface area contributed by atoms with Gasteiger partial charge in [0.05, 0.1) is 16.4 Å². The van der Waals surface area contributed by atoms with Crippen LogP contribution < -0.4 is 0 Å². The summed E-state index contributed by atoms with van der Waals surface area (Å²) in [5, 5.41) is 0. The molecule has 5 nitrogen and oxygen atoms in total. The van der Waals surface area contributed by atoms with E-state index in [-0.39, 0.29) is 18.1 Å². The number of benzene rings is 1. The monoisotopic (exact) mass is 373 g/mol. The summed E-state index contributed by atoms with van der Waals surface area (Å²) < 4.78 is 51.7. The van der Waals surface area contributed by atoms with Gasteiger partial charge in [-0.25, -0.2) is 16.8 Å². The van der Waals surface area contributed by atoms with Gasteiger partial charge in [0.2, 0.25) is 10.0 Å². The molecule has 2 rings (SSSR count). The summed E-state index contributed by atoms with van der Waals surface area (Å²) in [7, 11) is -6.88. The fourth-order valence-corrected chi connectivity index (χ4v) is 7.65. The average molecular weight is 374 g/mol. The normalized spacial score (nSPS) is 20.7. The van der Waals surface area contributed by atoms with Crippen LogP contribution in [0.1, 0.15) is 41.2 Å². The first kappa shape index (κ1) is 19.4. The molecule has 0 saturated carbocycles. The zero-order chi connectivity index (χ0) is 18.4. The van der Waals surface area contributed by atoms with Crippen molar-refractivity contribution in [3.63, 3.8) is 0 Å². The van der Waals surface area contributed by atoms with E-state index >= 15 is 0 Å². The number of nitrogens with zero attached hydrogens (tertiary/aromatic N) is 1. The Labute approximate surface area is 146 Å². The van der Waals surface area contributed by atoms with Crippen LogP contribution in [0, 0.1) is 34.6 Å². The lowest BCUT2D eigenvalue weighted by Crippen LogP contribution is -2.41. The molecule has 0 N–H and O–H groups in total. The van der Waals surface area contributed by atoms with E-state index in [1.165, 1.54) is 4.31 Å². The van der Waals surface area contributed by atoms with Gasteiger partial charge in [-0.05, 0) is 68.9 Å². The number of rotatable bonds is 4. The first-order valence-corrected chi connectivity index (χ1v) is 11.5. The Balaban J connectivity index is 2.62. The van der Waals surface area contributed by atoms with Crippen molar-refractivity contribution >= 4 is 19.9 Å². The summed E-state index contributed by atoms with van der Waals surface area (Å²) in [4.78, 5) is 0.342. The minimum atomic E-state index is -3.74. The number of sulfonamides is 1. The fourth-order valence-electron chi connectivity index (χ4n) is 3.60. The predicted molar refractivity (Wildman–Crippen MR) is 96.8 cm³/mol. The van der Waals surface area contributed by atoms with E-state index in [1.807, 2.05) is 34.6 Å². The Bertz CT molecular complexity index is 841. The van der Waals surface area contributed by atoms with Crippen molar-refractivity contribution in [2.75, 3.05) is 18.1 Å². The molecule has 0 aliphatic carbocycles. The maximum Gasteiger partial charge on any atom is 0.243 e. The molecular weight excluding hydrogens is 346 g/mol. The highest BCUT2D eigenvalue weighted by atomic mass is 32.2. The second-order valence-electron chi connectivity index (χ2n) is 6.72. The maximum atomic E-state index is 13.3. The average Bonchev–Trinajstić information content (AvgIpc) is 2.83. The van der Waals surface area contributed by atoms with Crippen LogP contribution in [0.15, 0.2) is 4.90 Å². The molecule has 1 saturated heterocycles.